The lowest BCUT2D eigenvalue weighted by atomic mass is 10.1. The van der Waals surface area contributed by atoms with Crippen LogP contribution in [0.3, 0.4) is 0 Å². The van der Waals surface area contributed by atoms with Gasteiger partial charge >= 0.3 is 0 Å². The molecule has 0 unspecified atom stereocenters. The molecule has 2 aliphatic heterocycles. The predicted octanol–water partition coefficient (Wildman–Crippen LogP) is 2.88. The Bertz CT molecular complexity index is 1390. The number of benzene rings is 2. The van der Waals surface area contributed by atoms with Gasteiger partial charge in [-0.2, -0.15) is 4.31 Å². The lowest BCUT2D eigenvalue weighted by molar-refractivity contribution is 0.0952. The van der Waals surface area contributed by atoms with Crippen LogP contribution in [0.1, 0.15) is 47.3 Å². The molecule has 1 N–H and O–H groups in total. The summed E-state index contributed by atoms with van der Waals surface area (Å²) in [5.41, 5.74) is 2.89. The van der Waals surface area contributed by atoms with Crippen molar-refractivity contribution in [3.63, 3.8) is 0 Å². The first kappa shape index (κ1) is 21.9. The smallest absolute Gasteiger partial charge is 0.256 e. The first-order valence-corrected chi connectivity index (χ1v) is 12.8. The van der Waals surface area contributed by atoms with Crippen molar-refractivity contribution in [2.24, 2.45) is 0 Å². The van der Waals surface area contributed by atoms with E-state index in [0.717, 1.165) is 35.9 Å². The molecule has 33 heavy (non-hydrogen) atoms. The Labute approximate surface area is 193 Å². The number of carbonyl (C=O) groups is 1. The molecule has 0 bridgehead atoms. The highest BCUT2D eigenvalue weighted by atomic mass is 32.2. The summed E-state index contributed by atoms with van der Waals surface area (Å²) >= 11 is 0. The van der Waals surface area contributed by atoms with Gasteiger partial charge in [0.15, 0.2) is 0 Å². The molecule has 0 spiro atoms. The minimum atomic E-state index is -3.43. The van der Waals surface area contributed by atoms with Crippen LogP contribution in [0.2, 0.25) is 0 Å². The quantitative estimate of drug-likeness (QED) is 0.606. The average Bonchev–Trinajstić information content (AvgIpc) is 3.46. The molecule has 1 fully saturated rings. The summed E-state index contributed by atoms with van der Waals surface area (Å²) in [6, 6.07) is 12.7. The SMILES string of the molecule is C[C@@H]1Cc2cccc3c(=O)c(C(=O)NCCc4ccc(S(=O)(=O)N5CCCC5)cc4)cn1c23. The van der Waals surface area contributed by atoms with Crippen LogP contribution in [0.15, 0.2) is 58.4 Å². The molecule has 0 radical (unpaired) electrons. The third-order valence-electron chi connectivity index (χ3n) is 6.70. The van der Waals surface area contributed by atoms with Crippen LogP contribution in [-0.2, 0) is 22.9 Å². The maximum atomic E-state index is 12.9. The molecule has 1 aromatic heterocycles. The van der Waals surface area contributed by atoms with E-state index in [1.165, 1.54) is 4.31 Å². The summed E-state index contributed by atoms with van der Waals surface area (Å²) in [6.07, 6.45) is 4.88. The molecule has 5 rings (SSSR count). The van der Waals surface area contributed by atoms with E-state index < -0.39 is 10.0 Å². The van der Waals surface area contributed by atoms with Crippen molar-refractivity contribution in [2.75, 3.05) is 19.6 Å². The lowest BCUT2D eigenvalue weighted by Crippen LogP contribution is -2.31. The second-order valence-electron chi connectivity index (χ2n) is 8.91. The first-order valence-electron chi connectivity index (χ1n) is 11.4. The number of hydrogen-bond acceptors (Lipinski definition) is 4. The van der Waals surface area contributed by atoms with E-state index in [9.17, 15) is 18.0 Å². The van der Waals surface area contributed by atoms with Crippen molar-refractivity contribution < 1.29 is 13.2 Å². The van der Waals surface area contributed by atoms with Crippen LogP contribution in [0.4, 0.5) is 0 Å². The molecule has 1 atom stereocenters. The fraction of sp³-hybridized carbons (Fsp3) is 0.360. The van der Waals surface area contributed by atoms with E-state index in [0.29, 0.717) is 36.3 Å². The molecule has 2 aromatic carbocycles. The van der Waals surface area contributed by atoms with Crippen LogP contribution in [0.25, 0.3) is 10.9 Å². The molecule has 2 aliphatic rings. The fourth-order valence-corrected chi connectivity index (χ4v) is 6.42. The predicted molar refractivity (Wildman–Crippen MR) is 127 cm³/mol. The number of nitrogens with zero attached hydrogens (tertiary/aromatic N) is 2. The largest absolute Gasteiger partial charge is 0.352 e. The summed E-state index contributed by atoms with van der Waals surface area (Å²) in [7, 11) is -3.43. The Morgan fingerprint density at radius 3 is 2.55 bits per heavy atom. The third-order valence-corrected chi connectivity index (χ3v) is 8.61. The topological polar surface area (TPSA) is 88.5 Å². The van der Waals surface area contributed by atoms with Crippen molar-refractivity contribution in [1.29, 1.82) is 0 Å². The fourth-order valence-electron chi connectivity index (χ4n) is 4.90. The summed E-state index contributed by atoms with van der Waals surface area (Å²) in [4.78, 5) is 26.1. The van der Waals surface area contributed by atoms with Crippen LogP contribution in [0, 0.1) is 0 Å². The molecule has 7 nitrogen and oxygen atoms in total. The van der Waals surface area contributed by atoms with Crippen molar-refractivity contribution in [2.45, 2.75) is 43.5 Å². The number of aromatic nitrogens is 1. The summed E-state index contributed by atoms with van der Waals surface area (Å²) in [5, 5.41) is 3.43. The Morgan fingerprint density at radius 2 is 1.82 bits per heavy atom. The van der Waals surface area contributed by atoms with E-state index in [2.05, 4.69) is 12.2 Å². The van der Waals surface area contributed by atoms with Crippen molar-refractivity contribution in [3.05, 3.63) is 75.6 Å². The van der Waals surface area contributed by atoms with Gasteiger partial charge in [-0.3, -0.25) is 9.59 Å². The molecular formula is C25H27N3O4S. The van der Waals surface area contributed by atoms with Crippen LogP contribution in [0.5, 0.6) is 0 Å². The van der Waals surface area contributed by atoms with Gasteiger partial charge in [-0.25, -0.2) is 8.42 Å². The number of amides is 1. The van der Waals surface area contributed by atoms with Gasteiger partial charge in [0.1, 0.15) is 5.56 Å². The van der Waals surface area contributed by atoms with Gasteiger partial charge in [-0.05, 0) is 61.9 Å². The Balaban J connectivity index is 1.27. The number of rotatable bonds is 6. The summed E-state index contributed by atoms with van der Waals surface area (Å²) in [6.45, 7) is 3.59. The van der Waals surface area contributed by atoms with Gasteiger partial charge in [-0.1, -0.05) is 24.3 Å². The number of sulfonamides is 1. The van der Waals surface area contributed by atoms with Gasteiger partial charge in [0.05, 0.1) is 10.4 Å². The maximum absolute atomic E-state index is 12.9. The second-order valence-corrected chi connectivity index (χ2v) is 10.8. The van der Waals surface area contributed by atoms with Gasteiger partial charge < -0.3 is 9.88 Å². The van der Waals surface area contributed by atoms with E-state index in [4.69, 9.17) is 0 Å². The van der Waals surface area contributed by atoms with E-state index in [1.807, 2.05) is 16.7 Å². The summed E-state index contributed by atoms with van der Waals surface area (Å²) < 4.78 is 28.9. The minimum absolute atomic E-state index is 0.153. The highest BCUT2D eigenvalue weighted by Gasteiger charge is 2.27. The Hall–Kier alpha value is -2.97. The number of carbonyl (C=O) groups excluding carboxylic acids is 1. The minimum Gasteiger partial charge on any atom is -0.352 e. The molecule has 3 aromatic rings. The number of hydrogen-bond donors (Lipinski definition) is 1. The molecule has 0 saturated carbocycles. The lowest BCUT2D eigenvalue weighted by Gasteiger charge is -2.15. The van der Waals surface area contributed by atoms with E-state index in [1.54, 1.807) is 36.5 Å². The van der Waals surface area contributed by atoms with Crippen LogP contribution < -0.4 is 10.7 Å². The highest BCUT2D eigenvalue weighted by molar-refractivity contribution is 7.89. The molecule has 1 saturated heterocycles. The Morgan fingerprint density at radius 1 is 1.09 bits per heavy atom. The standard InChI is InChI=1S/C25H27N3O4S/c1-17-15-19-5-4-6-21-23(19)28(17)16-22(24(21)29)25(30)26-12-11-18-7-9-20(10-8-18)33(31,32)27-13-2-3-14-27/h4-10,16-17H,2-3,11-15H2,1H3,(H,26,30)/t17-/m1/s1. The molecule has 3 heterocycles. The summed E-state index contributed by atoms with van der Waals surface area (Å²) in [5.74, 6) is -0.386. The monoisotopic (exact) mass is 465 g/mol. The Kier molecular flexibility index (Phi) is 5.58. The van der Waals surface area contributed by atoms with Crippen molar-refractivity contribution >= 4 is 26.8 Å². The zero-order valence-electron chi connectivity index (χ0n) is 18.6. The zero-order chi connectivity index (χ0) is 23.2. The van der Waals surface area contributed by atoms with Gasteiger partial charge in [0.2, 0.25) is 15.5 Å². The van der Waals surface area contributed by atoms with Gasteiger partial charge in [-0.15, -0.1) is 0 Å². The number of nitrogens with one attached hydrogen (secondary N) is 1. The number of para-hydroxylation sites is 1. The van der Waals surface area contributed by atoms with Gasteiger partial charge in [0, 0.05) is 37.3 Å². The third kappa shape index (κ3) is 3.87. The highest BCUT2D eigenvalue weighted by Crippen LogP contribution is 2.30. The normalized spacial score (nSPS) is 18.2. The van der Waals surface area contributed by atoms with Crippen molar-refractivity contribution in [1.82, 2.24) is 14.2 Å². The van der Waals surface area contributed by atoms with Gasteiger partial charge in [0.25, 0.3) is 5.91 Å². The second kappa shape index (κ2) is 8.43. The maximum Gasteiger partial charge on any atom is 0.256 e. The van der Waals surface area contributed by atoms with E-state index >= 15 is 0 Å². The first-order chi connectivity index (χ1) is 15.9. The van der Waals surface area contributed by atoms with E-state index in [-0.39, 0.29) is 22.9 Å². The molecule has 172 valence electrons. The average molecular weight is 466 g/mol. The molecular weight excluding hydrogens is 438 g/mol. The number of pyridine rings is 1. The van der Waals surface area contributed by atoms with Crippen molar-refractivity contribution in [3.8, 4) is 0 Å². The zero-order valence-corrected chi connectivity index (χ0v) is 19.4. The molecule has 1 amide bonds. The molecule has 0 aliphatic carbocycles. The van der Waals surface area contributed by atoms with Crippen LogP contribution >= 0.6 is 0 Å². The molecule has 8 heteroatoms. The van der Waals surface area contributed by atoms with Crippen LogP contribution in [-0.4, -0.2) is 42.8 Å².